The predicted octanol–water partition coefficient (Wildman–Crippen LogP) is 6.86. The van der Waals surface area contributed by atoms with Crippen LogP contribution in [-0.4, -0.2) is 15.3 Å². The SMILES string of the molecule is Cc1ccc(C)n1-c1ccc(N=Cc2cc(C)n(-c3ccc(I)cc3)c2C)cc1. The van der Waals surface area contributed by atoms with Gasteiger partial charge in [0.2, 0.25) is 0 Å². The lowest BCUT2D eigenvalue weighted by molar-refractivity contribution is 0.964. The highest BCUT2D eigenvalue weighted by molar-refractivity contribution is 14.1. The highest BCUT2D eigenvalue weighted by Gasteiger charge is 2.09. The number of benzene rings is 2. The molecule has 0 atom stereocenters. The van der Waals surface area contributed by atoms with Gasteiger partial charge in [-0.3, -0.25) is 4.99 Å². The average Bonchev–Trinajstić information content (AvgIpc) is 3.19. The number of aryl methyl sites for hydroxylation is 3. The average molecular weight is 493 g/mol. The Hall–Kier alpha value is -2.60. The van der Waals surface area contributed by atoms with Crippen LogP contribution in [0.5, 0.6) is 0 Å². The molecule has 2 aromatic heterocycles. The Balaban J connectivity index is 1.60. The maximum absolute atomic E-state index is 4.72. The summed E-state index contributed by atoms with van der Waals surface area (Å²) in [5, 5.41) is 0. The summed E-state index contributed by atoms with van der Waals surface area (Å²) in [6.07, 6.45) is 1.96. The standard InChI is InChI=1S/C25H24IN3/c1-17-5-6-18(2)28(17)24-13-9-23(10-14-24)27-16-21-15-19(3)29(20(21)4)25-11-7-22(26)8-12-25/h5-16H,1-4H3. The van der Waals surface area contributed by atoms with E-state index in [2.05, 4.69) is 126 Å². The number of rotatable bonds is 4. The fourth-order valence-electron chi connectivity index (χ4n) is 3.81. The van der Waals surface area contributed by atoms with E-state index < -0.39 is 0 Å². The highest BCUT2D eigenvalue weighted by Crippen LogP contribution is 2.23. The third kappa shape index (κ3) is 3.94. The summed E-state index contributed by atoms with van der Waals surface area (Å²) >= 11 is 2.34. The lowest BCUT2D eigenvalue weighted by Crippen LogP contribution is -1.99. The molecule has 0 bridgehead atoms. The van der Waals surface area contributed by atoms with Crippen molar-refractivity contribution >= 4 is 34.5 Å². The lowest BCUT2D eigenvalue weighted by Gasteiger charge is -2.10. The van der Waals surface area contributed by atoms with Crippen molar-refractivity contribution < 1.29 is 0 Å². The minimum Gasteiger partial charge on any atom is -0.319 e. The molecule has 0 aliphatic heterocycles. The number of hydrogen-bond donors (Lipinski definition) is 0. The molecule has 4 aromatic rings. The van der Waals surface area contributed by atoms with Crippen LogP contribution in [0.25, 0.3) is 11.4 Å². The number of aromatic nitrogens is 2. The van der Waals surface area contributed by atoms with E-state index in [-0.39, 0.29) is 0 Å². The molecule has 0 unspecified atom stereocenters. The van der Waals surface area contributed by atoms with Crippen LogP contribution in [0.4, 0.5) is 5.69 Å². The predicted molar refractivity (Wildman–Crippen MR) is 130 cm³/mol. The van der Waals surface area contributed by atoms with Crippen molar-refractivity contribution in [3.63, 3.8) is 0 Å². The summed E-state index contributed by atoms with van der Waals surface area (Å²) in [4.78, 5) is 4.72. The Morgan fingerprint density at radius 2 is 1.24 bits per heavy atom. The molecule has 0 spiro atoms. The van der Waals surface area contributed by atoms with Crippen LogP contribution in [0.1, 0.15) is 28.3 Å². The van der Waals surface area contributed by atoms with Crippen LogP contribution in [0.3, 0.4) is 0 Å². The van der Waals surface area contributed by atoms with Crippen molar-refractivity contribution in [2.24, 2.45) is 4.99 Å². The first kappa shape index (κ1) is 19.7. The van der Waals surface area contributed by atoms with E-state index in [1.165, 1.54) is 37.7 Å². The zero-order valence-electron chi connectivity index (χ0n) is 17.1. The highest BCUT2D eigenvalue weighted by atomic mass is 127. The molecule has 0 fully saturated rings. The van der Waals surface area contributed by atoms with Gasteiger partial charge in [-0.1, -0.05) is 0 Å². The molecule has 0 aliphatic rings. The van der Waals surface area contributed by atoms with E-state index in [9.17, 15) is 0 Å². The van der Waals surface area contributed by atoms with Gasteiger partial charge >= 0.3 is 0 Å². The molecular formula is C25H24IN3. The first-order valence-corrected chi connectivity index (χ1v) is 10.8. The van der Waals surface area contributed by atoms with Gasteiger partial charge in [0.15, 0.2) is 0 Å². The van der Waals surface area contributed by atoms with Crippen LogP contribution in [0.2, 0.25) is 0 Å². The van der Waals surface area contributed by atoms with Gasteiger partial charge < -0.3 is 9.13 Å². The first-order valence-electron chi connectivity index (χ1n) is 9.68. The molecule has 4 rings (SSSR count). The van der Waals surface area contributed by atoms with Gasteiger partial charge in [0.1, 0.15) is 0 Å². The topological polar surface area (TPSA) is 22.2 Å². The van der Waals surface area contributed by atoms with Gasteiger partial charge in [-0.25, -0.2) is 0 Å². The van der Waals surface area contributed by atoms with Crippen LogP contribution in [-0.2, 0) is 0 Å². The van der Waals surface area contributed by atoms with Crippen molar-refractivity contribution in [2.45, 2.75) is 27.7 Å². The summed E-state index contributed by atoms with van der Waals surface area (Å²) in [6.45, 7) is 8.54. The smallest absolute Gasteiger partial charge is 0.0631 e. The maximum Gasteiger partial charge on any atom is 0.0631 e. The fraction of sp³-hybridized carbons (Fsp3) is 0.160. The second-order valence-corrected chi connectivity index (χ2v) is 8.61. The summed E-state index contributed by atoms with van der Waals surface area (Å²) in [6, 6.07) is 23.5. The molecule has 146 valence electrons. The van der Waals surface area contributed by atoms with E-state index in [1.54, 1.807) is 0 Å². The minimum atomic E-state index is 0.954. The van der Waals surface area contributed by atoms with Crippen molar-refractivity contribution in [2.75, 3.05) is 0 Å². The van der Waals surface area contributed by atoms with Gasteiger partial charge in [0.05, 0.1) is 5.69 Å². The Morgan fingerprint density at radius 1 is 0.690 bits per heavy atom. The Labute approximate surface area is 185 Å². The largest absolute Gasteiger partial charge is 0.319 e. The summed E-state index contributed by atoms with van der Waals surface area (Å²) in [5.41, 5.74) is 9.32. The van der Waals surface area contributed by atoms with Gasteiger partial charge in [-0.05, 0) is 117 Å². The summed E-state index contributed by atoms with van der Waals surface area (Å²) in [7, 11) is 0. The zero-order valence-corrected chi connectivity index (χ0v) is 19.3. The third-order valence-electron chi connectivity index (χ3n) is 5.29. The van der Waals surface area contributed by atoms with Crippen LogP contribution < -0.4 is 0 Å². The zero-order chi connectivity index (χ0) is 20.5. The molecule has 4 heteroatoms. The molecular weight excluding hydrogens is 469 g/mol. The van der Waals surface area contributed by atoms with Gasteiger partial charge in [0, 0.05) is 49.5 Å². The molecule has 0 aliphatic carbocycles. The molecule has 0 amide bonds. The fourth-order valence-corrected chi connectivity index (χ4v) is 4.17. The second-order valence-electron chi connectivity index (χ2n) is 7.36. The van der Waals surface area contributed by atoms with Crippen molar-refractivity contribution in [1.29, 1.82) is 0 Å². The minimum absolute atomic E-state index is 0.954. The Bertz CT molecular complexity index is 1160. The molecule has 2 aromatic carbocycles. The van der Waals surface area contributed by atoms with Crippen molar-refractivity contribution in [3.05, 3.63) is 98.6 Å². The molecule has 0 N–H and O–H groups in total. The molecule has 0 saturated heterocycles. The first-order chi connectivity index (χ1) is 13.9. The molecule has 0 radical (unpaired) electrons. The molecule has 3 nitrogen and oxygen atoms in total. The van der Waals surface area contributed by atoms with E-state index in [0.29, 0.717) is 0 Å². The van der Waals surface area contributed by atoms with Crippen LogP contribution in [0, 0.1) is 31.3 Å². The van der Waals surface area contributed by atoms with Crippen LogP contribution >= 0.6 is 22.6 Å². The number of aliphatic imine (C=N–C) groups is 1. The van der Waals surface area contributed by atoms with Gasteiger partial charge in [-0.2, -0.15) is 0 Å². The maximum atomic E-state index is 4.72. The van der Waals surface area contributed by atoms with Gasteiger partial charge in [-0.15, -0.1) is 0 Å². The monoisotopic (exact) mass is 493 g/mol. The van der Waals surface area contributed by atoms with Crippen molar-refractivity contribution in [1.82, 2.24) is 9.13 Å². The molecule has 0 saturated carbocycles. The Kier molecular flexibility index (Phi) is 5.46. The molecule has 2 heterocycles. The van der Waals surface area contributed by atoms with E-state index in [1.807, 2.05) is 6.21 Å². The number of halogens is 1. The van der Waals surface area contributed by atoms with Crippen LogP contribution in [0.15, 0.2) is 71.7 Å². The quantitative estimate of drug-likeness (QED) is 0.219. The number of nitrogens with zero attached hydrogens (tertiary/aromatic N) is 3. The van der Waals surface area contributed by atoms with E-state index in [4.69, 9.17) is 4.99 Å². The lowest BCUT2D eigenvalue weighted by atomic mass is 10.2. The van der Waals surface area contributed by atoms with Crippen molar-refractivity contribution in [3.8, 4) is 11.4 Å². The summed E-state index contributed by atoms with van der Waals surface area (Å²) < 4.78 is 5.77. The number of hydrogen-bond acceptors (Lipinski definition) is 1. The second kappa shape index (κ2) is 8.03. The normalized spacial score (nSPS) is 11.5. The summed E-state index contributed by atoms with van der Waals surface area (Å²) in [5.74, 6) is 0. The third-order valence-corrected chi connectivity index (χ3v) is 6.01. The van der Waals surface area contributed by atoms with Gasteiger partial charge in [0.25, 0.3) is 0 Å². The van der Waals surface area contributed by atoms with E-state index in [0.717, 1.165) is 11.3 Å². The molecule has 29 heavy (non-hydrogen) atoms. The van der Waals surface area contributed by atoms with E-state index >= 15 is 0 Å². The Morgan fingerprint density at radius 3 is 1.86 bits per heavy atom.